The number of aromatic nitrogens is 3. The first-order valence-electron chi connectivity index (χ1n) is 5.40. The summed E-state index contributed by atoms with van der Waals surface area (Å²) in [6, 6.07) is 2.24. The Morgan fingerprint density at radius 3 is 3.06 bits per heavy atom. The van der Waals surface area contributed by atoms with Crippen LogP contribution in [0.3, 0.4) is 0 Å². The molecule has 1 saturated heterocycles. The number of hydrogen-bond donors (Lipinski definition) is 1. The molecule has 16 heavy (non-hydrogen) atoms. The van der Waals surface area contributed by atoms with Crippen LogP contribution in [0.2, 0.25) is 0 Å². The van der Waals surface area contributed by atoms with Gasteiger partial charge in [0.1, 0.15) is 11.4 Å². The fourth-order valence-corrected chi connectivity index (χ4v) is 1.93. The second-order valence-electron chi connectivity index (χ2n) is 3.85. The third-order valence-corrected chi connectivity index (χ3v) is 2.76. The van der Waals surface area contributed by atoms with E-state index in [9.17, 15) is 0 Å². The van der Waals surface area contributed by atoms with Crippen LogP contribution >= 0.6 is 0 Å². The number of nitrogens with zero attached hydrogens (tertiary/aromatic N) is 3. The molecule has 0 aliphatic carbocycles. The molecule has 3 heterocycles. The Morgan fingerprint density at radius 2 is 2.31 bits per heavy atom. The highest BCUT2D eigenvalue weighted by atomic mass is 16.5. The van der Waals surface area contributed by atoms with Crippen molar-refractivity contribution in [2.75, 3.05) is 6.54 Å². The normalized spacial score (nSPS) is 20.1. The van der Waals surface area contributed by atoms with E-state index in [-0.39, 0.29) is 0 Å². The predicted molar refractivity (Wildman–Crippen MR) is 57.5 cm³/mol. The van der Waals surface area contributed by atoms with Crippen molar-refractivity contribution in [3.8, 4) is 11.4 Å². The number of hydrogen-bond acceptors (Lipinski definition) is 5. The Morgan fingerprint density at radius 1 is 1.31 bits per heavy atom. The van der Waals surface area contributed by atoms with Crippen molar-refractivity contribution >= 4 is 0 Å². The molecule has 0 unspecified atom stereocenters. The van der Waals surface area contributed by atoms with Gasteiger partial charge in [0.15, 0.2) is 5.76 Å². The van der Waals surface area contributed by atoms with E-state index in [0.29, 0.717) is 6.04 Å². The third-order valence-electron chi connectivity index (χ3n) is 2.76. The summed E-state index contributed by atoms with van der Waals surface area (Å²) in [4.78, 5) is 8.19. The standard InChI is InChI=1S/C11H12N4O/c1-2-8(13-3-1)11-6-9(15-16-11)10-7-12-4-5-14-10/h4-8,13H,1-3H2/t8-/m0/s1. The molecule has 82 valence electrons. The minimum atomic E-state index is 0.304. The molecule has 1 aliphatic heterocycles. The van der Waals surface area contributed by atoms with Gasteiger partial charge in [0.05, 0.1) is 12.2 Å². The van der Waals surface area contributed by atoms with Crippen molar-refractivity contribution in [1.82, 2.24) is 20.4 Å². The molecule has 0 spiro atoms. The molecule has 1 N–H and O–H groups in total. The van der Waals surface area contributed by atoms with Crippen LogP contribution in [0, 0.1) is 0 Å². The Labute approximate surface area is 92.9 Å². The van der Waals surface area contributed by atoms with E-state index >= 15 is 0 Å². The van der Waals surface area contributed by atoms with Gasteiger partial charge in [-0.15, -0.1) is 0 Å². The summed E-state index contributed by atoms with van der Waals surface area (Å²) in [5.41, 5.74) is 1.49. The third kappa shape index (κ3) is 1.69. The maximum Gasteiger partial charge on any atom is 0.154 e. The van der Waals surface area contributed by atoms with Crippen LogP contribution in [0.15, 0.2) is 29.2 Å². The first-order chi connectivity index (χ1) is 7.93. The Bertz CT molecular complexity index is 462. The van der Waals surface area contributed by atoms with E-state index in [2.05, 4.69) is 20.4 Å². The largest absolute Gasteiger partial charge is 0.359 e. The summed E-state index contributed by atoms with van der Waals surface area (Å²) in [7, 11) is 0. The molecular formula is C11H12N4O. The van der Waals surface area contributed by atoms with Crippen LogP contribution in [0.1, 0.15) is 24.6 Å². The van der Waals surface area contributed by atoms with Crippen LogP contribution in [-0.2, 0) is 0 Å². The summed E-state index contributed by atoms with van der Waals surface area (Å²) < 4.78 is 5.32. The highest BCUT2D eigenvalue weighted by Gasteiger charge is 2.21. The predicted octanol–water partition coefficient (Wildman–Crippen LogP) is 1.56. The molecule has 5 heteroatoms. The topological polar surface area (TPSA) is 63.8 Å². The molecule has 0 bridgehead atoms. The minimum absolute atomic E-state index is 0.304. The van der Waals surface area contributed by atoms with Crippen LogP contribution in [0.25, 0.3) is 11.4 Å². The minimum Gasteiger partial charge on any atom is -0.359 e. The zero-order valence-corrected chi connectivity index (χ0v) is 8.76. The van der Waals surface area contributed by atoms with E-state index in [1.165, 1.54) is 6.42 Å². The van der Waals surface area contributed by atoms with E-state index < -0.39 is 0 Å². The van der Waals surface area contributed by atoms with Gasteiger partial charge in [0, 0.05) is 18.5 Å². The lowest BCUT2D eigenvalue weighted by Gasteiger charge is -2.02. The number of rotatable bonds is 2. The summed E-state index contributed by atoms with van der Waals surface area (Å²) in [5.74, 6) is 0.887. The van der Waals surface area contributed by atoms with Gasteiger partial charge in [-0.05, 0) is 19.4 Å². The van der Waals surface area contributed by atoms with Crippen LogP contribution in [0.4, 0.5) is 0 Å². The van der Waals surface area contributed by atoms with Gasteiger partial charge in [-0.3, -0.25) is 9.97 Å². The van der Waals surface area contributed by atoms with Crippen LogP contribution in [0.5, 0.6) is 0 Å². The van der Waals surface area contributed by atoms with Gasteiger partial charge in [-0.1, -0.05) is 5.16 Å². The molecule has 5 nitrogen and oxygen atoms in total. The van der Waals surface area contributed by atoms with Gasteiger partial charge in [-0.2, -0.15) is 0 Å². The highest BCUT2D eigenvalue weighted by molar-refractivity contribution is 5.52. The molecule has 0 radical (unpaired) electrons. The van der Waals surface area contributed by atoms with E-state index in [0.717, 1.165) is 30.1 Å². The molecule has 3 rings (SSSR count). The summed E-state index contributed by atoms with van der Waals surface area (Å²) in [6.07, 6.45) is 7.27. The fourth-order valence-electron chi connectivity index (χ4n) is 1.93. The molecule has 0 saturated carbocycles. The van der Waals surface area contributed by atoms with Crippen molar-refractivity contribution in [3.05, 3.63) is 30.4 Å². The van der Waals surface area contributed by atoms with Crippen LogP contribution in [-0.4, -0.2) is 21.7 Å². The smallest absolute Gasteiger partial charge is 0.154 e. The zero-order chi connectivity index (χ0) is 10.8. The molecule has 1 atom stereocenters. The summed E-state index contributed by atoms with van der Waals surface area (Å²) in [5, 5.41) is 7.38. The summed E-state index contributed by atoms with van der Waals surface area (Å²) >= 11 is 0. The molecule has 0 aromatic carbocycles. The average Bonchev–Trinajstić information content (AvgIpc) is 3.01. The second kappa shape index (κ2) is 4.02. The first-order valence-corrected chi connectivity index (χ1v) is 5.40. The Balaban J connectivity index is 1.87. The van der Waals surface area contributed by atoms with Crippen molar-refractivity contribution < 1.29 is 4.52 Å². The first kappa shape index (κ1) is 9.47. The summed E-state index contributed by atoms with van der Waals surface area (Å²) in [6.45, 7) is 1.05. The lowest BCUT2D eigenvalue weighted by atomic mass is 10.1. The lowest BCUT2D eigenvalue weighted by molar-refractivity contribution is 0.353. The van der Waals surface area contributed by atoms with E-state index in [4.69, 9.17) is 4.52 Å². The SMILES string of the molecule is c1cnc(-c2cc([C@@H]3CCCN3)on2)cn1. The monoisotopic (exact) mass is 216 g/mol. The van der Waals surface area contributed by atoms with Gasteiger partial charge in [0.2, 0.25) is 0 Å². The fraction of sp³-hybridized carbons (Fsp3) is 0.364. The molecule has 2 aromatic rings. The highest BCUT2D eigenvalue weighted by Crippen LogP contribution is 2.26. The molecule has 2 aromatic heterocycles. The molecule has 1 fully saturated rings. The Kier molecular flexibility index (Phi) is 2.38. The quantitative estimate of drug-likeness (QED) is 0.825. The van der Waals surface area contributed by atoms with E-state index in [1.54, 1.807) is 18.6 Å². The second-order valence-corrected chi connectivity index (χ2v) is 3.85. The molecule has 1 aliphatic rings. The van der Waals surface area contributed by atoms with Crippen molar-refractivity contribution in [2.24, 2.45) is 0 Å². The van der Waals surface area contributed by atoms with Crippen LogP contribution < -0.4 is 5.32 Å². The molecule has 0 amide bonds. The maximum atomic E-state index is 5.32. The average molecular weight is 216 g/mol. The van der Waals surface area contributed by atoms with Gasteiger partial charge < -0.3 is 9.84 Å². The van der Waals surface area contributed by atoms with Gasteiger partial charge in [0.25, 0.3) is 0 Å². The zero-order valence-electron chi connectivity index (χ0n) is 8.76. The van der Waals surface area contributed by atoms with Crippen molar-refractivity contribution in [3.63, 3.8) is 0 Å². The maximum absolute atomic E-state index is 5.32. The van der Waals surface area contributed by atoms with Gasteiger partial charge in [-0.25, -0.2) is 0 Å². The Hall–Kier alpha value is -1.75. The van der Waals surface area contributed by atoms with Crippen molar-refractivity contribution in [1.29, 1.82) is 0 Å². The van der Waals surface area contributed by atoms with Gasteiger partial charge >= 0.3 is 0 Å². The lowest BCUT2D eigenvalue weighted by Crippen LogP contribution is -2.11. The molecular weight excluding hydrogens is 204 g/mol. The number of nitrogens with one attached hydrogen (secondary N) is 1. The van der Waals surface area contributed by atoms with Crippen molar-refractivity contribution in [2.45, 2.75) is 18.9 Å². The van der Waals surface area contributed by atoms with E-state index in [1.807, 2.05) is 6.07 Å².